The molecule has 3 heterocycles. The topological polar surface area (TPSA) is 127 Å². The lowest BCUT2D eigenvalue weighted by atomic mass is 9.98. The first-order valence-electron chi connectivity index (χ1n) is 11.6. The Morgan fingerprint density at radius 1 is 1.14 bits per heavy atom. The van der Waals surface area contributed by atoms with Crippen molar-refractivity contribution in [3.63, 3.8) is 0 Å². The lowest BCUT2D eigenvalue weighted by Gasteiger charge is -2.21. The maximum absolute atomic E-state index is 12.7. The molecule has 0 saturated heterocycles. The van der Waals surface area contributed by atoms with Crippen molar-refractivity contribution in [1.82, 2.24) is 15.3 Å². The highest BCUT2D eigenvalue weighted by atomic mass is 32.1. The Labute approximate surface area is 211 Å². The summed E-state index contributed by atoms with van der Waals surface area (Å²) in [7, 11) is 0. The predicted molar refractivity (Wildman–Crippen MR) is 139 cm³/mol. The fourth-order valence-corrected chi connectivity index (χ4v) is 5.41. The Kier molecular flexibility index (Phi) is 6.68. The Morgan fingerprint density at radius 2 is 1.94 bits per heavy atom. The van der Waals surface area contributed by atoms with Gasteiger partial charge in [-0.3, -0.25) is 14.4 Å². The number of benzene rings is 2. The molecule has 9 nitrogen and oxygen atoms in total. The number of anilines is 3. The molecule has 184 valence electrons. The number of hydrogen-bond acceptors (Lipinski definition) is 6. The molecule has 2 aromatic carbocycles. The molecule has 4 aromatic rings. The maximum Gasteiger partial charge on any atom is 0.303 e. The van der Waals surface area contributed by atoms with Crippen LogP contribution in [-0.4, -0.2) is 39.4 Å². The van der Waals surface area contributed by atoms with Gasteiger partial charge < -0.3 is 25.6 Å². The Hall–Kier alpha value is -4.18. The highest BCUT2D eigenvalue weighted by molar-refractivity contribution is 7.10. The van der Waals surface area contributed by atoms with E-state index in [1.54, 1.807) is 6.07 Å². The number of nitrogens with one attached hydrogen (secondary N) is 3. The van der Waals surface area contributed by atoms with Gasteiger partial charge in [0.15, 0.2) is 0 Å². The molecule has 0 saturated carbocycles. The fraction of sp³-hybridized carbons (Fsp3) is 0.231. The monoisotopic (exact) mass is 503 g/mol. The number of thiophene rings is 1. The summed E-state index contributed by atoms with van der Waals surface area (Å²) in [5.41, 5.74) is 4.26. The zero-order valence-electron chi connectivity index (χ0n) is 19.4. The van der Waals surface area contributed by atoms with E-state index >= 15 is 0 Å². The maximum atomic E-state index is 12.7. The summed E-state index contributed by atoms with van der Waals surface area (Å²) in [5.74, 6) is -0.906. The summed E-state index contributed by atoms with van der Waals surface area (Å²) < 4.78 is 0. The molecule has 1 aliphatic rings. The molecule has 1 unspecified atom stereocenters. The van der Waals surface area contributed by atoms with Crippen LogP contribution in [0, 0.1) is 0 Å². The normalized spacial score (nSPS) is 15.4. The van der Waals surface area contributed by atoms with Crippen LogP contribution in [-0.2, 0) is 20.9 Å². The smallest absolute Gasteiger partial charge is 0.303 e. The fourth-order valence-electron chi connectivity index (χ4n) is 4.37. The third kappa shape index (κ3) is 5.23. The van der Waals surface area contributed by atoms with Crippen molar-refractivity contribution >= 4 is 57.5 Å². The zero-order chi connectivity index (χ0) is 25.1. The van der Waals surface area contributed by atoms with Gasteiger partial charge in [0.1, 0.15) is 6.54 Å². The molecule has 2 amide bonds. The number of H-pyrrole nitrogens is 1. The number of fused-ring (bicyclic) bond motifs is 2. The van der Waals surface area contributed by atoms with Gasteiger partial charge in [-0.1, -0.05) is 24.3 Å². The molecule has 1 aliphatic heterocycles. The van der Waals surface area contributed by atoms with Crippen LogP contribution in [0.2, 0.25) is 0 Å². The van der Waals surface area contributed by atoms with Crippen LogP contribution in [0.15, 0.2) is 60.0 Å². The van der Waals surface area contributed by atoms with Gasteiger partial charge in [0.25, 0.3) is 0 Å². The summed E-state index contributed by atoms with van der Waals surface area (Å²) in [6.45, 7) is 0.220. The number of carbonyl (C=O) groups is 3. The number of carboxylic acids is 1. The highest BCUT2D eigenvalue weighted by Crippen LogP contribution is 2.40. The number of aromatic nitrogens is 2. The van der Waals surface area contributed by atoms with Crippen molar-refractivity contribution < 1.29 is 19.5 Å². The van der Waals surface area contributed by atoms with Crippen molar-refractivity contribution in [3.05, 3.63) is 70.4 Å². The average molecular weight is 504 g/mol. The second-order valence-electron chi connectivity index (χ2n) is 8.68. The Balaban J connectivity index is 1.18. The SMILES string of the molecule is O=C(O)CC1CCC(=O)N(CC(=O)NCc2ccc(Nc3nc4ccccc4[nH]3)cc2)c2ccsc21. The van der Waals surface area contributed by atoms with E-state index in [2.05, 4.69) is 20.6 Å². The number of aliphatic carboxylic acids is 1. The van der Waals surface area contributed by atoms with E-state index in [4.69, 9.17) is 0 Å². The number of nitrogens with zero attached hydrogens (tertiary/aromatic N) is 2. The molecule has 10 heteroatoms. The van der Waals surface area contributed by atoms with Gasteiger partial charge >= 0.3 is 5.97 Å². The summed E-state index contributed by atoms with van der Waals surface area (Å²) in [6, 6.07) is 17.2. The second-order valence-corrected chi connectivity index (χ2v) is 9.63. The molecular weight excluding hydrogens is 478 g/mol. The van der Waals surface area contributed by atoms with Crippen LogP contribution in [0.25, 0.3) is 11.0 Å². The number of imidazole rings is 1. The van der Waals surface area contributed by atoms with Gasteiger partial charge in [0.05, 0.1) is 23.1 Å². The molecule has 1 atom stereocenters. The summed E-state index contributed by atoms with van der Waals surface area (Å²) in [6.07, 6.45) is 0.652. The molecule has 0 radical (unpaired) electrons. The third-order valence-corrected chi connectivity index (χ3v) is 7.23. The standard InChI is InChI=1S/C26H25N5O4S/c32-22(15-31-21-11-12-36-25(21)17(13-24(34)35)7-10-23(31)33)27-14-16-5-8-18(9-6-16)28-26-29-19-3-1-2-4-20(19)30-26/h1-6,8-9,11-12,17H,7,10,13-15H2,(H,27,32)(H,34,35)(H2,28,29,30). The van der Waals surface area contributed by atoms with Gasteiger partial charge in [-0.05, 0) is 47.7 Å². The minimum absolute atomic E-state index is 0.0258. The number of carbonyl (C=O) groups excluding carboxylic acids is 2. The van der Waals surface area contributed by atoms with E-state index in [1.807, 2.05) is 53.9 Å². The molecule has 0 spiro atoms. The Morgan fingerprint density at radius 3 is 2.72 bits per heavy atom. The minimum atomic E-state index is -0.892. The van der Waals surface area contributed by atoms with Crippen molar-refractivity contribution in [3.8, 4) is 0 Å². The summed E-state index contributed by atoms with van der Waals surface area (Å²) in [4.78, 5) is 46.8. The van der Waals surface area contributed by atoms with Crippen LogP contribution in [0.1, 0.15) is 35.6 Å². The lowest BCUT2D eigenvalue weighted by Crippen LogP contribution is -2.40. The van der Waals surface area contributed by atoms with Gasteiger partial charge in [0, 0.05) is 29.4 Å². The molecule has 0 aliphatic carbocycles. The van der Waals surface area contributed by atoms with Crippen molar-refractivity contribution in [2.45, 2.75) is 31.7 Å². The van der Waals surface area contributed by atoms with Crippen LogP contribution >= 0.6 is 11.3 Å². The van der Waals surface area contributed by atoms with Crippen molar-refractivity contribution in [1.29, 1.82) is 0 Å². The van der Waals surface area contributed by atoms with Gasteiger partial charge in [-0.15, -0.1) is 11.3 Å². The van der Waals surface area contributed by atoms with E-state index in [0.717, 1.165) is 27.2 Å². The zero-order valence-corrected chi connectivity index (χ0v) is 20.2. The predicted octanol–water partition coefficient (Wildman–Crippen LogP) is 4.37. The number of amides is 2. The van der Waals surface area contributed by atoms with E-state index in [9.17, 15) is 19.5 Å². The highest BCUT2D eigenvalue weighted by Gasteiger charge is 2.31. The molecule has 5 rings (SSSR count). The summed E-state index contributed by atoms with van der Waals surface area (Å²) >= 11 is 1.43. The van der Waals surface area contributed by atoms with Gasteiger partial charge in [-0.2, -0.15) is 0 Å². The molecule has 0 fully saturated rings. The first kappa shape index (κ1) is 23.6. The first-order valence-corrected chi connectivity index (χ1v) is 12.5. The number of hydrogen-bond donors (Lipinski definition) is 4. The molecule has 2 aromatic heterocycles. The van der Waals surface area contributed by atoms with E-state index in [1.165, 1.54) is 16.2 Å². The van der Waals surface area contributed by atoms with Crippen LogP contribution in [0.4, 0.5) is 17.3 Å². The van der Waals surface area contributed by atoms with Crippen molar-refractivity contribution in [2.75, 3.05) is 16.8 Å². The van der Waals surface area contributed by atoms with E-state index < -0.39 is 5.97 Å². The molecule has 0 bridgehead atoms. The largest absolute Gasteiger partial charge is 0.481 e. The van der Waals surface area contributed by atoms with Crippen LogP contribution in [0.3, 0.4) is 0 Å². The summed E-state index contributed by atoms with van der Waals surface area (Å²) in [5, 5.41) is 17.2. The number of carboxylic acid groups (broad SMARTS) is 1. The molecule has 4 N–H and O–H groups in total. The van der Waals surface area contributed by atoms with E-state index in [-0.39, 0.29) is 37.1 Å². The molecular formula is C26H25N5O4S. The van der Waals surface area contributed by atoms with Crippen molar-refractivity contribution in [2.24, 2.45) is 0 Å². The van der Waals surface area contributed by atoms with Crippen LogP contribution in [0.5, 0.6) is 0 Å². The van der Waals surface area contributed by atoms with E-state index in [0.29, 0.717) is 24.6 Å². The molecule has 36 heavy (non-hydrogen) atoms. The quantitative estimate of drug-likeness (QED) is 0.283. The minimum Gasteiger partial charge on any atom is -0.481 e. The third-order valence-electron chi connectivity index (χ3n) is 6.16. The first-order chi connectivity index (χ1) is 17.5. The number of para-hydroxylation sites is 2. The Bertz CT molecular complexity index is 1380. The van der Waals surface area contributed by atoms with Gasteiger partial charge in [-0.25, -0.2) is 4.98 Å². The average Bonchev–Trinajstić information content (AvgIpc) is 3.48. The van der Waals surface area contributed by atoms with Crippen LogP contribution < -0.4 is 15.5 Å². The lowest BCUT2D eigenvalue weighted by molar-refractivity contribution is -0.137. The van der Waals surface area contributed by atoms with Gasteiger partial charge in [0.2, 0.25) is 17.8 Å². The number of aromatic amines is 1. The second kappa shape index (κ2) is 10.2. The number of rotatable bonds is 8.